The lowest BCUT2D eigenvalue weighted by Gasteiger charge is -1.95. The van der Waals surface area contributed by atoms with Gasteiger partial charge in [0.2, 0.25) is 0 Å². The van der Waals surface area contributed by atoms with Gasteiger partial charge < -0.3 is 0 Å². The smallest absolute Gasteiger partial charge is 0.0767 e. The number of nitroso groups, excluding NO2 is 1. The van der Waals surface area contributed by atoms with Crippen molar-refractivity contribution in [2.75, 3.05) is 0 Å². The standard InChI is InChI=1S/C14H12N2O/c1-9-4-6-13-12(7-9)11-5-3-10(2)8-14(11)16(13)15-17/h3-8H,1-2H3. The average Bonchev–Trinajstić information content (AvgIpc) is 2.61. The van der Waals surface area contributed by atoms with E-state index >= 15 is 0 Å². The molecule has 0 unspecified atom stereocenters. The van der Waals surface area contributed by atoms with E-state index in [1.54, 1.807) is 0 Å². The minimum atomic E-state index is 0.867. The molecule has 0 amide bonds. The summed E-state index contributed by atoms with van der Waals surface area (Å²) in [4.78, 5) is 11.0. The fraction of sp³-hybridized carbons (Fsp3) is 0.143. The van der Waals surface area contributed by atoms with Crippen molar-refractivity contribution in [2.45, 2.75) is 13.8 Å². The maximum absolute atomic E-state index is 11.0. The van der Waals surface area contributed by atoms with Crippen molar-refractivity contribution in [1.82, 2.24) is 4.68 Å². The van der Waals surface area contributed by atoms with Crippen molar-refractivity contribution in [1.29, 1.82) is 0 Å². The molecule has 0 aliphatic heterocycles. The van der Waals surface area contributed by atoms with Gasteiger partial charge in [0.15, 0.2) is 0 Å². The molecule has 0 fully saturated rings. The highest BCUT2D eigenvalue weighted by Crippen LogP contribution is 2.30. The summed E-state index contributed by atoms with van der Waals surface area (Å²) in [6, 6.07) is 12.1. The molecule has 3 aromatic rings. The Hall–Kier alpha value is -2.16. The summed E-state index contributed by atoms with van der Waals surface area (Å²) in [5, 5.41) is 5.28. The van der Waals surface area contributed by atoms with Crippen LogP contribution in [0.25, 0.3) is 21.8 Å². The Morgan fingerprint density at radius 2 is 1.59 bits per heavy atom. The predicted molar refractivity (Wildman–Crippen MR) is 70.1 cm³/mol. The number of hydrogen-bond donors (Lipinski definition) is 0. The molecule has 0 saturated carbocycles. The summed E-state index contributed by atoms with van der Waals surface area (Å²) in [5.41, 5.74) is 4.05. The van der Waals surface area contributed by atoms with Crippen LogP contribution in [-0.2, 0) is 0 Å². The molecule has 84 valence electrons. The second-order valence-electron chi connectivity index (χ2n) is 4.43. The summed E-state index contributed by atoms with van der Waals surface area (Å²) in [6.45, 7) is 4.06. The van der Waals surface area contributed by atoms with Crippen molar-refractivity contribution in [3.05, 3.63) is 52.4 Å². The van der Waals surface area contributed by atoms with E-state index < -0.39 is 0 Å². The molecule has 0 radical (unpaired) electrons. The van der Waals surface area contributed by atoms with Crippen molar-refractivity contribution in [3.8, 4) is 0 Å². The van der Waals surface area contributed by atoms with E-state index in [4.69, 9.17) is 0 Å². The van der Waals surface area contributed by atoms with Crippen LogP contribution in [0.1, 0.15) is 11.1 Å². The normalized spacial score (nSPS) is 11.2. The molecular formula is C14H12N2O. The van der Waals surface area contributed by atoms with Gasteiger partial charge in [-0.2, -0.15) is 4.68 Å². The van der Waals surface area contributed by atoms with Crippen molar-refractivity contribution in [3.63, 3.8) is 0 Å². The third-order valence-electron chi connectivity index (χ3n) is 3.13. The van der Waals surface area contributed by atoms with Gasteiger partial charge in [0.1, 0.15) is 0 Å². The Morgan fingerprint density at radius 1 is 0.882 bits per heavy atom. The molecular weight excluding hydrogens is 212 g/mol. The van der Waals surface area contributed by atoms with Crippen molar-refractivity contribution in [2.24, 2.45) is 5.29 Å². The van der Waals surface area contributed by atoms with Gasteiger partial charge in [-0.3, -0.25) is 0 Å². The van der Waals surface area contributed by atoms with E-state index in [1.807, 2.05) is 38.1 Å². The van der Waals surface area contributed by atoms with Gasteiger partial charge in [0.05, 0.1) is 16.3 Å². The lowest BCUT2D eigenvalue weighted by atomic mass is 10.1. The van der Waals surface area contributed by atoms with Gasteiger partial charge in [-0.05, 0) is 37.6 Å². The van der Waals surface area contributed by atoms with Crippen LogP contribution in [0.5, 0.6) is 0 Å². The molecule has 17 heavy (non-hydrogen) atoms. The molecule has 0 N–H and O–H groups in total. The van der Waals surface area contributed by atoms with Crippen LogP contribution in [0.4, 0.5) is 0 Å². The highest BCUT2D eigenvalue weighted by molar-refractivity contribution is 6.08. The minimum Gasteiger partial charge on any atom is -0.196 e. The first-order valence-corrected chi connectivity index (χ1v) is 5.56. The van der Waals surface area contributed by atoms with Crippen LogP contribution < -0.4 is 0 Å². The highest BCUT2D eigenvalue weighted by atomic mass is 16.3. The number of nitrogens with zero attached hydrogens (tertiary/aromatic N) is 2. The van der Waals surface area contributed by atoms with E-state index in [0.29, 0.717) is 0 Å². The Bertz CT molecular complexity index is 741. The van der Waals surface area contributed by atoms with Crippen molar-refractivity contribution < 1.29 is 0 Å². The van der Waals surface area contributed by atoms with Crippen LogP contribution in [0.2, 0.25) is 0 Å². The minimum absolute atomic E-state index is 0.867. The molecule has 1 aromatic heterocycles. The maximum Gasteiger partial charge on any atom is 0.0767 e. The number of benzene rings is 2. The molecule has 3 rings (SSSR count). The fourth-order valence-electron chi connectivity index (χ4n) is 2.31. The van der Waals surface area contributed by atoms with Crippen LogP contribution in [0, 0.1) is 18.8 Å². The summed E-state index contributed by atoms with van der Waals surface area (Å²) < 4.78 is 1.47. The van der Waals surface area contributed by atoms with E-state index in [9.17, 15) is 4.91 Å². The molecule has 3 heteroatoms. The number of hydrogen-bond acceptors (Lipinski definition) is 2. The van der Waals surface area contributed by atoms with Gasteiger partial charge in [0, 0.05) is 10.8 Å². The van der Waals surface area contributed by atoms with Gasteiger partial charge >= 0.3 is 0 Å². The Morgan fingerprint density at radius 3 is 2.35 bits per heavy atom. The van der Waals surface area contributed by atoms with E-state index in [2.05, 4.69) is 17.4 Å². The average molecular weight is 224 g/mol. The maximum atomic E-state index is 11.0. The van der Waals surface area contributed by atoms with Crippen LogP contribution in [0.3, 0.4) is 0 Å². The lowest BCUT2D eigenvalue weighted by molar-refractivity contribution is 0.952. The first kappa shape index (κ1) is 10.0. The number of aromatic nitrogens is 1. The molecule has 0 spiro atoms. The molecule has 3 nitrogen and oxygen atoms in total. The molecule has 0 aliphatic rings. The quantitative estimate of drug-likeness (QED) is 0.576. The van der Waals surface area contributed by atoms with Gasteiger partial charge in [-0.1, -0.05) is 23.8 Å². The zero-order valence-electron chi connectivity index (χ0n) is 9.77. The van der Waals surface area contributed by atoms with Crippen LogP contribution in [-0.4, -0.2) is 4.68 Å². The SMILES string of the molecule is Cc1ccc2c(c1)c1ccc(C)cc1n2N=O. The Labute approximate surface area is 98.6 Å². The molecule has 0 saturated heterocycles. The third-order valence-corrected chi connectivity index (χ3v) is 3.13. The van der Waals surface area contributed by atoms with Gasteiger partial charge in [0.25, 0.3) is 0 Å². The molecule has 2 aromatic carbocycles. The predicted octanol–water partition coefficient (Wildman–Crippen LogP) is 3.94. The molecule has 0 atom stereocenters. The van der Waals surface area contributed by atoms with Crippen LogP contribution in [0.15, 0.2) is 41.7 Å². The summed E-state index contributed by atoms with van der Waals surface area (Å²) in [6.07, 6.45) is 0. The van der Waals surface area contributed by atoms with E-state index in [-0.39, 0.29) is 0 Å². The molecule has 1 heterocycles. The lowest BCUT2D eigenvalue weighted by Crippen LogP contribution is -1.85. The Kier molecular flexibility index (Phi) is 2.01. The summed E-state index contributed by atoms with van der Waals surface area (Å²) >= 11 is 0. The first-order valence-electron chi connectivity index (χ1n) is 5.56. The van der Waals surface area contributed by atoms with Gasteiger partial charge in [-0.25, -0.2) is 0 Å². The largest absolute Gasteiger partial charge is 0.196 e. The summed E-state index contributed by atoms with van der Waals surface area (Å²) in [7, 11) is 0. The monoisotopic (exact) mass is 224 g/mol. The zero-order chi connectivity index (χ0) is 12.0. The first-order chi connectivity index (χ1) is 8.20. The van der Waals surface area contributed by atoms with E-state index in [1.165, 1.54) is 10.2 Å². The second-order valence-corrected chi connectivity index (χ2v) is 4.43. The second kappa shape index (κ2) is 3.42. The fourth-order valence-corrected chi connectivity index (χ4v) is 2.31. The highest BCUT2D eigenvalue weighted by Gasteiger charge is 2.10. The van der Waals surface area contributed by atoms with E-state index in [0.717, 1.165) is 27.4 Å². The summed E-state index contributed by atoms with van der Waals surface area (Å²) in [5.74, 6) is 0. The van der Waals surface area contributed by atoms with Crippen molar-refractivity contribution >= 4 is 21.8 Å². The number of fused-ring (bicyclic) bond motifs is 3. The topological polar surface area (TPSA) is 34.4 Å². The molecule has 0 aliphatic carbocycles. The Balaban J connectivity index is 2.61. The number of rotatable bonds is 1. The third kappa shape index (κ3) is 1.35. The van der Waals surface area contributed by atoms with Crippen LogP contribution >= 0.6 is 0 Å². The molecule has 0 bridgehead atoms. The number of aryl methyl sites for hydroxylation is 2. The van der Waals surface area contributed by atoms with Gasteiger partial charge in [-0.15, -0.1) is 4.91 Å². The zero-order valence-corrected chi connectivity index (χ0v) is 9.77.